The van der Waals surface area contributed by atoms with E-state index in [1.54, 1.807) is 23.6 Å². The molecule has 25 heavy (non-hydrogen) atoms. The van der Waals surface area contributed by atoms with Gasteiger partial charge in [0, 0.05) is 30.7 Å². The Morgan fingerprint density at radius 2 is 2.04 bits per heavy atom. The molecule has 2 aliphatic rings. The molecule has 4 rings (SSSR count). The van der Waals surface area contributed by atoms with Gasteiger partial charge in [-0.1, -0.05) is 6.07 Å². The van der Waals surface area contributed by atoms with Gasteiger partial charge in [0.1, 0.15) is 0 Å². The van der Waals surface area contributed by atoms with E-state index in [0.29, 0.717) is 11.4 Å². The fraction of sp³-hybridized carbons (Fsp3) is 0.500. The molecule has 1 N–H and O–H groups in total. The lowest BCUT2D eigenvalue weighted by atomic mass is 9.92. The predicted molar refractivity (Wildman–Crippen MR) is 101 cm³/mol. The highest BCUT2D eigenvalue weighted by molar-refractivity contribution is 7.89. The van der Waals surface area contributed by atoms with Crippen molar-refractivity contribution in [3.05, 3.63) is 40.9 Å². The Hall–Kier alpha value is -1.44. The molecule has 0 spiro atoms. The third kappa shape index (κ3) is 3.59. The van der Waals surface area contributed by atoms with E-state index >= 15 is 0 Å². The van der Waals surface area contributed by atoms with E-state index in [-0.39, 0.29) is 6.04 Å². The zero-order valence-electron chi connectivity index (χ0n) is 14.1. The molecule has 1 aromatic heterocycles. The SMILES string of the molecule is O=S(=O)(NCC1CCCN1c1nccs1)c1ccc2c(c1)CCCC2. The number of aromatic nitrogens is 1. The van der Waals surface area contributed by atoms with Gasteiger partial charge in [0.05, 0.1) is 4.90 Å². The first kappa shape index (κ1) is 17.0. The monoisotopic (exact) mass is 377 g/mol. The van der Waals surface area contributed by atoms with Gasteiger partial charge in [0.2, 0.25) is 10.0 Å². The van der Waals surface area contributed by atoms with Gasteiger partial charge in [-0.15, -0.1) is 11.3 Å². The van der Waals surface area contributed by atoms with Gasteiger partial charge in [-0.25, -0.2) is 18.1 Å². The highest BCUT2D eigenvalue weighted by Crippen LogP contribution is 2.27. The van der Waals surface area contributed by atoms with Crippen molar-refractivity contribution in [3.8, 4) is 0 Å². The van der Waals surface area contributed by atoms with Crippen LogP contribution in [0.25, 0.3) is 0 Å². The first-order valence-electron chi connectivity index (χ1n) is 8.91. The number of nitrogens with zero attached hydrogens (tertiary/aromatic N) is 2. The van der Waals surface area contributed by atoms with E-state index in [9.17, 15) is 8.42 Å². The van der Waals surface area contributed by atoms with Crippen molar-refractivity contribution in [2.24, 2.45) is 0 Å². The van der Waals surface area contributed by atoms with Crippen LogP contribution in [0.3, 0.4) is 0 Å². The van der Waals surface area contributed by atoms with Gasteiger partial charge >= 0.3 is 0 Å². The summed E-state index contributed by atoms with van der Waals surface area (Å²) in [6, 6.07) is 5.78. The lowest BCUT2D eigenvalue weighted by Gasteiger charge is -2.24. The third-order valence-electron chi connectivity index (χ3n) is 5.18. The molecule has 1 fully saturated rings. The van der Waals surface area contributed by atoms with Crippen molar-refractivity contribution < 1.29 is 8.42 Å². The zero-order valence-corrected chi connectivity index (χ0v) is 15.8. The molecular weight excluding hydrogens is 354 g/mol. The maximum Gasteiger partial charge on any atom is 0.240 e. The minimum Gasteiger partial charge on any atom is -0.344 e. The van der Waals surface area contributed by atoms with E-state index in [0.717, 1.165) is 43.8 Å². The molecule has 1 unspecified atom stereocenters. The van der Waals surface area contributed by atoms with Crippen LogP contribution in [0.2, 0.25) is 0 Å². The number of aryl methyl sites for hydroxylation is 2. The van der Waals surface area contributed by atoms with E-state index < -0.39 is 10.0 Å². The number of benzene rings is 1. The number of sulfonamides is 1. The second-order valence-corrected chi connectivity index (χ2v) is 9.43. The Morgan fingerprint density at radius 3 is 2.84 bits per heavy atom. The molecule has 0 bridgehead atoms. The third-order valence-corrected chi connectivity index (χ3v) is 7.41. The number of nitrogens with one attached hydrogen (secondary N) is 1. The summed E-state index contributed by atoms with van der Waals surface area (Å²) >= 11 is 1.61. The van der Waals surface area contributed by atoms with Crippen LogP contribution in [0.1, 0.15) is 36.8 Å². The highest BCUT2D eigenvalue weighted by Gasteiger charge is 2.28. The highest BCUT2D eigenvalue weighted by atomic mass is 32.2. The molecule has 0 amide bonds. The molecule has 134 valence electrons. The molecule has 0 radical (unpaired) electrons. The topological polar surface area (TPSA) is 62.3 Å². The van der Waals surface area contributed by atoms with Crippen molar-refractivity contribution in [1.29, 1.82) is 0 Å². The van der Waals surface area contributed by atoms with Crippen LogP contribution in [-0.4, -0.2) is 32.5 Å². The van der Waals surface area contributed by atoms with Gasteiger partial charge in [-0.3, -0.25) is 0 Å². The number of fused-ring (bicyclic) bond motifs is 1. The summed E-state index contributed by atoms with van der Waals surface area (Å²) in [5.74, 6) is 0. The predicted octanol–water partition coefficient (Wildman–Crippen LogP) is 2.97. The van der Waals surface area contributed by atoms with Crippen molar-refractivity contribution >= 4 is 26.5 Å². The van der Waals surface area contributed by atoms with E-state index in [4.69, 9.17) is 0 Å². The average Bonchev–Trinajstić information content (AvgIpc) is 3.30. The largest absolute Gasteiger partial charge is 0.344 e. The molecule has 1 atom stereocenters. The molecule has 1 aliphatic heterocycles. The maximum absolute atomic E-state index is 12.7. The molecule has 2 heterocycles. The Balaban J connectivity index is 1.46. The average molecular weight is 378 g/mol. The molecular formula is C18H23N3O2S2. The lowest BCUT2D eigenvalue weighted by Crippen LogP contribution is -2.40. The lowest BCUT2D eigenvalue weighted by molar-refractivity contribution is 0.566. The molecule has 5 nitrogen and oxygen atoms in total. The molecule has 0 saturated carbocycles. The summed E-state index contributed by atoms with van der Waals surface area (Å²) in [5.41, 5.74) is 2.50. The molecule has 1 aliphatic carbocycles. The van der Waals surface area contributed by atoms with Crippen molar-refractivity contribution in [2.45, 2.75) is 49.5 Å². The fourth-order valence-electron chi connectivity index (χ4n) is 3.82. The first-order valence-corrected chi connectivity index (χ1v) is 11.3. The van der Waals surface area contributed by atoms with Gasteiger partial charge in [0.15, 0.2) is 5.13 Å². The Labute approximate surface area is 153 Å². The number of anilines is 1. The second kappa shape index (κ2) is 7.05. The van der Waals surface area contributed by atoms with Crippen LogP contribution in [0, 0.1) is 0 Å². The molecule has 2 aromatic rings. The van der Waals surface area contributed by atoms with Crippen LogP contribution in [-0.2, 0) is 22.9 Å². The van der Waals surface area contributed by atoms with Gasteiger partial charge in [-0.05, 0) is 61.8 Å². The number of hydrogen-bond donors (Lipinski definition) is 1. The fourth-order valence-corrected chi connectivity index (χ4v) is 5.69. The van der Waals surface area contributed by atoms with Crippen LogP contribution in [0.4, 0.5) is 5.13 Å². The zero-order chi connectivity index (χ0) is 17.3. The molecule has 7 heteroatoms. The van der Waals surface area contributed by atoms with Crippen LogP contribution in [0.15, 0.2) is 34.7 Å². The number of thiazole rings is 1. The Kier molecular flexibility index (Phi) is 4.80. The van der Waals surface area contributed by atoms with Crippen LogP contribution < -0.4 is 9.62 Å². The number of rotatable bonds is 5. The van der Waals surface area contributed by atoms with Crippen molar-refractivity contribution in [3.63, 3.8) is 0 Å². The normalized spacial score (nSPS) is 20.6. The van der Waals surface area contributed by atoms with Crippen LogP contribution >= 0.6 is 11.3 Å². The number of hydrogen-bond acceptors (Lipinski definition) is 5. The standard InChI is InChI=1S/C18H23N3O2S2/c22-25(23,17-8-7-14-4-1-2-5-15(14)12-17)20-13-16-6-3-10-21(16)18-19-9-11-24-18/h7-9,11-12,16,20H,1-6,10,13H2. The summed E-state index contributed by atoms with van der Waals surface area (Å²) < 4.78 is 28.3. The molecule has 1 saturated heterocycles. The van der Waals surface area contributed by atoms with Crippen molar-refractivity contribution in [1.82, 2.24) is 9.71 Å². The summed E-state index contributed by atoms with van der Waals surface area (Å²) in [5, 5.41) is 2.94. The summed E-state index contributed by atoms with van der Waals surface area (Å²) in [4.78, 5) is 6.98. The van der Waals surface area contributed by atoms with E-state index in [2.05, 4.69) is 14.6 Å². The minimum absolute atomic E-state index is 0.179. The van der Waals surface area contributed by atoms with Gasteiger partial charge in [0.25, 0.3) is 0 Å². The van der Waals surface area contributed by atoms with Gasteiger partial charge < -0.3 is 4.90 Å². The summed E-state index contributed by atoms with van der Waals surface area (Å²) in [6.45, 7) is 1.37. The maximum atomic E-state index is 12.7. The minimum atomic E-state index is -3.47. The molecule has 1 aromatic carbocycles. The van der Waals surface area contributed by atoms with E-state index in [1.807, 2.05) is 17.5 Å². The smallest absolute Gasteiger partial charge is 0.240 e. The Bertz CT molecular complexity index is 834. The summed E-state index contributed by atoms with van der Waals surface area (Å²) in [7, 11) is -3.47. The quantitative estimate of drug-likeness (QED) is 0.870. The Morgan fingerprint density at radius 1 is 1.20 bits per heavy atom. The van der Waals surface area contributed by atoms with Crippen molar-refractivity contribution in [2.75, 3.05) is 18.0 Å². The second-order valence-electron chi connectivity index (χ2n) is 6.79. The summed E-state index contributed by atoms with van der Waals surface area (Å²) in [6.07, 6.45) is 8.26. The van der Waals surface area contributed by atoms with Crippen LogP contribution in [0.5, 0.6) is 0 Å². The van der Waals surface area contributed by atoms with E-state index in [1.165, 1.54) is 17.5 Å². The first-order chi connectivity index (χ1) is 12.1. The van der Waals surface area contributed by atoms with Gasteiger partial charge in [-0.2, -0.15) is 0 Å².